The number of hydrogen-bond donors (Lipinski definition) is 4. The molecule has 4 N–H and O–H groups in total. The molecule has 8 atom stereocenters. The van der Waals surface area contributed by atoms with E-state index in [9.17, 15) is 38.0 Å². The van der Waals surface area contributed by atoms with Crippen molar-refractivity contribution in [1.29, 1.82) is 0 Å². The molecule has 0 amide bonds. The van der Waals surface area contributed by atoms with Crippen LogP contribution in [0, 0.1) is 23.3 Å². The molecule has 4 unspecified atom stereocenters. The summed E-state index contributed by atoms with van der Waals surface area (Å²) in [6.07, 6.45) is -0.0334. The predicted octanol–water partition coefficient (Wildman–Crippen LogP) is 8.55. The zero-order valence-corrected chi connectivity index (χ0v) is 40.0. The Kier molecular flexibility index (Phi) is 16.8. The Morgan fingerprint density at radius 3 is 0.875 bits per heavy atom. The quantitative estimate of drug-likeness (QED) is 0.0702. The second-order valence-electron chi connectivity index (χ2n) is 19.4. The molecule has 0 fully saturated rings. The molecule has 0 saturated carbocycles. The van der Waals surface area contributed by atoms with Crippen LogP contribution in [0.15, 0.2) is 133 Å². The first-order valence-corrected chi connectivity index (χ1v) is 24.9. The molecule has 6 aromatic carbocycles. The second-order valence-corrected chi connectivity index (χ2v) is 19.4. The van der Waals surface area contributed by atoms with Crippen molar-refractivity contribution in [3.05, 3.63) is 190 Å². The van der Waals surface area contributed by atoms with Gasteiger partial charge in [-0.25, -0.2) is 17.6 Å². The number of rotatable bonds is 16. The molecular formula is C58H62F4N2O8. The summed E-state index contributed by atoms with van der Waals surface area (Å²) in [4.78, 5) is 4.02. The van der Waals surface area contributed by atoms with Gasteiger partial charge in [0, 0.05) is 39.3 Å². The highest BCUT2D eigenvalue weighted by Crippen LogP contribution is 2.34. The number of aryl methyl sites for hydroxylation is 4. The van der Waals surface area contributed by atoms with Crippen molar-refractivity contribution < 1.29 is 56.9 Å². The van der Waals surface area contributed by atoms with Crippen LogP contribution in [0.3, 0.4) is 0 Å². The minimum absolute atomic E-state index is 0.293. The average Bonchev–Trinajstić information content (AvgIpc) is 3.38. The fourth-order valence-corrected chi connectivity index (χ4v) is 10.2. The zero-order chi connectivity index (χ0) is 50.1. The van der Waals surface area contributed by atoms with E-state index < -0.39 is 48.8 Å². The van der Waals surface area contributed by atoms with Gasteiger partial charge in [-0.3, -0.25) is 9.80 Å². The summed E-state index contributed by atoms with van der Waals surface area (Å²) in [5.74, 6) is 1.24. The third-order valence-electron chi connectivity index (χ3n) is 14.0. The van der Waals surface area contributed by atoms with Gasteiger partial charge in [0.25, 0.3) is 0 Å². The molecule has 380 valence electrons. The van der Waals surface area contributed by atoms with Gasteiger partial charge in [-0.2, -0.15) is 0 Å². The molecule has 0 bridgehead atoms. The van der Waals surface area contributed by atoms with E-state index in [1.54, 1.807) is 24.3 Å². The van der Waals surface area contributed by atoms with Crippen LogP contribution in [0.25, 0.3) is 0 Å². The molecule has 14 heteroatoms. The van der Waals surface area contributed by atoms with E-state index in [0.29, 0.717) is 114 Å². The van der Waals surface area contributed by atoms with Gasteiger partial charge in [-0.1, -0.05) is 60.7 Å². The van der Waals surface area contributed by atoms with E-state index in [1.807, 2.05) is 70.5 Å². The fraction of sp³-hybridized carbons (Fsp3) is 0.379. The molecular weight excluding hydrogens is 929 g/mol. The summed E-state index contributed by atoms with van der Waals surface area (Å²) in [6.45, 7) is 2.25. The molecule has 0 aromatic heterocycles. The van der Waals surface area contributed by atoms with Gasteiger partial charge in [0.1, 0.15) is 95.1 Å². The van der Waals surface area contributed by atoms with Gasteiger partial charge in [0.05, 0.1) is 0 Å². The number of fused-ring (bicyclic) bond motifs is 4. The first-order valence-electron chi connectivity index (χ1n) is 24.9. The van der Waals surface area contributed by atoms with Crippen LogP contribution in [0.2, 0.25) is 0 Å². The highest BCUT2D eigenvalue weighted by molar-refractivity contribution is 5.39. The predicted molar refractivity (Wildman–Crippen MR) is 264 cm³/mol. The minimum Gasteiger partial charge on any atom is -0.487 e. The van der Waals surface area contributed by atoms with Crippen molar-refractivity contribution >= 4 is 0 Å². The average molecular weight is 991 g/mol. The Morgan fingerprint density at radius 2 is 0.625 bits per heavy atom. The minimum atomic E-state index is -0.796. The Morgan fingerprint density at radius 1 is 0.375 bits per heavy atom. The summed E-state index contributed by atoms with van der Waals surface area (Å²) in [5, 5.41) is 44.4. The number of nitrogens with zero attached hydrogens (tertiary/aromatic N) is 2. The first kappa shape index (κ1) is 50.9. The molecule has 0 spiro atoms. The number of aliphatic hydroxyl groups excluding tert-OH is 4. The number of aliphatic hydroxyl groups is 4. The molecule has 0 radical (unpaired) electrons. The van der Waals surface area contributed by atoms with Crippen LogP contribution >= 0.6 is 0 Å². The summed E-state index contributed by atoms with van der Waals surface area (Å²) >= 11 is 0. The molecule has 4 aliphatic rings. The highest BCUT2D eigenvalue weighted by atomic mass is 19.1. The number of halogens is 4. The van der Waals surface area contributed by atoms with E-state index in [0.717, 1.165) is 33.4 Å². The molecule has 10 nitrogen and oxygen atoms in total. The van der Waals surface area contributed by atoms with E-state index in [-0.39, 0.29) is 23.3 Å². The van der Waals surface area contributed by atoms with Gasteiger partial charge >= 0.3 is 0 Å². The molecule has 4 heterocycles. The van der Waals surface area contributed by atoms with E-state index >= 15 is 0 Å². The fourth-order valence-electron chi connectivity index (χ4n) is 10.2. The number of hydrogen-bond acceptors (Lipinski definition) is 10. The molecule has 0 saturated heterocycles. The Bertz CT molecular complexity index is 2390. The maximum absolute atomic E-state index is 13.5. The maximum atomic E-state index is 13.5. The lowest BCUT2D eigenvalue weighted by Crippen LogP contribution is -2.48. The maximum Gasteiger partial charge on any atom is 0.126 e. The van der Waals surface area contributed by atoms with Crippen LogP contribution < -0.4 is 18.9 Å². The van der Waals surface area contributed by atoms with E-state index in [1.165, 1.54) is 48.5 Å². The lowest BCUT2D eigenvalue weighted by Gasteiger charge is -2.35. The van der Waals surface area contributed by atoms with Crippen LogP contribution in [0.1, 0.15) is 59.1 Å². The van der Waals surface area contributed by atoms with Crippen LogP contribution in [0.4, 0.5) is 17.6 Å². The third-order valence-corrected chi connectivity index (χ3v) is 14.0. The lowest BCUT2D eigenvalue weighted by atomic mass is 9.97. The standard InChI is InChI=1S/2C29H31F2NO4/c2*30-22-8-12-26-20(14-22)6-10-28(35-26)24(33)17-32(16-19-4-2-1-3-5-19)18-25(34)29-11-7-21-15-23(31)9-13-27(21)36-29/h2*1-5,8-9,12-15,24-25,28-29,33-34H,6-7,10-11,16-18H2/t24-,25-,28-,29+;/m1./s1. The lowest BCUT2D eigenvalue weighted by molar-refractivity contribution is -0.0296. The summed E-state index contributed by atoms with van der Waals surface area (Å²) in [7, 11) is 0. The van der Waals surface area contributed by atoms with E-state index in [2.05, 4.69) is 0 Å². The molecule has 0 aliphatic carbocycles. The van der Waals surface area contributed by atoms with Crippen molar-refractivity contribution in [3.63, 3.8) is 0 Å². The van der Waals surface area contributed by atoms with Gasteiger partial charge in [0.15, 0.2) is 0 Å². The Hall–Kier alpha value is -6.00. The monoisotopic (exact) mass is 990 g/mol. The van der Waals surface area contributed by atoms with Gasteiger partial charge in [-0.05, 0) is 158 Å². The normalized spacial score (nSPS) is 20.6. The number of benzene rings is 6. The molecule has 72 heavy (non-hydrogen) atoms. The van der Waals surface area contributed by atoms with Gasteiger partial charge < -0.3 is 39.4 Å². The Labute approximate surface area is 418 Å². The summed E-state index contributed by atoms with van der Waals surface area (Å²) in [5.41, 5.74) is 5.36. The zero-order valence-electron chi connectivity index (χ0n) is 40.0. The first-order chi connectivity index (χ1) is 34.9. The SMILES string of the molecule is OC(CN(Cc1ccccc1)CC(O)C1CCc2cc(F)ccc2O1)C1CCc2cc(F)ccc2O1.O[C@H](CN(Cc1ccccc1)C[C@@H](O)[C@H]1CCc2cc(F)ccc2O1)[C@@H]1CCc2cc(F)ccc2O1. The number of ether oxygens (including phenoxy) is 4. The molecule has 6 aromatic rings. The van der Waals surface area contributed by atoms with Gasteiger partial charge in [-0.15, -0.1) is 0 Å². The van der Waals surface area contributed by atoms with Crippen LogP contribution in [0.5, 0.6) is 23.0 Å². The van der Waals surface area contributed by atoms with Crippen molar-refractivity contribution in [2.45, 2.75) is 113 Å². The summed E-state index contributed by atoms with van der Waals surface area (Å²) < 4.78 is 78.2. The van der Waals surface area contributed by atoms with E-state index in [4.69, 9.17) is 18.9 Å². The van der Waals surface area contributed by atoms with Crippen molar-refractivity contribution in [1.82, 2.24) is 9.80 Å². The highest BCUT2D eigenvalue weighted by Gasteiger charge is 2.34. The third kappa shape index (κ3) is 13.3. The Balaban J connectivity index is 0.000000178. The summed E-state index contributed by atoms with van der Waals surface area (Å²) in [6, 6.07) is 37.6. The smallest absolute Gasteiger partial charge is 0.126 e. The van der Waals surface area contributed by atoms with Crippen molar-refractivity contribution in [2.24, 2.45) is 0 Å². The van der Waals surface area contributed by atoms with Crippen molar-refractivity contribution in [3.8, 4) is 23.0 Å². The van der Waals surface area contributed by atoms with Crippen LogP contribution in [-0.4, -0.2) is 105 Å². The largest absolute Gasteiger partial charge is 0.487 e. The topological polar surface area (TPSA) is 124 Å². The second kappa shape index (κ2) is 23.7. The van der Waals surface area contributed by atoms with Crippen LogP contribution in [-0.2, 0) is 38.8 Å². The molecule has 10 rings (SSSR count). The van der Waals surface area contributed by atoms with Gasteiger partial charge in [0.2, 0.25) is 0 Å². The van der Waals surface area contributed by atoms with Crippen molar-refractivity contribution in [2.75, 3.05) is 26.2 Å². The molecule has 4 aliphatic heterocycles.